The molecule has 0 aromatic carbocycles. The molecule has 0 aromatic rings. The largest absolute Gasteiger partial charge is 0.389 e. The van der Waals surface area contributed by atoms with Crippen LogP contribution in [0.2, 0.25) is 0 Å². The van der Waals surface area contributed by atoms with Gasteiger partial charge in [0.15, 0.2) is 0 Å². The number of nitrogens with one attached hydrogen (secondary N) is 1. The van der Waals surface area contributed by atoms with Crippen molar-refractivity contribution in [3.05, 3.63) is 0 Å². The maximum absolute atomic E-state index is 9.84. The molecule has 0 amide bonds. The lowest BCUT2D eigenvalue weighted by molar-refractivity contribution is -0.0284. The third kappa shape index (κ3) is 4.57. The highest BCUT2D eigenvalue weighted by atomic mass is 16.5. The Morgan fingerprint density at radius 2 is 1.94 bits per heavy atom. The first-order valence-electron chi connectivity index (χ1n) is 7.12. The molecular formula is C14H27NO2. The molecule has 100 valence electrons. The van der Waals surface area contributed by atoms with Crippen molar-refractivity contribution in [3.8, 4) is 0 Å². The highest BCUT2D eigenvalue weighted by Gasteiger charge is 2.36. The second kappa shape index (κ2) is 5.68. The zero-order chi connectivity index (χ0) is 12.3. The normalized spacial score (nSPS) is 33.4. The standard InChI is InChI=1S/C14H27NO2/c1-11-3-5-13(6-4-11)17-10-12(16)9-15-14(2)7-8-14/h11-13,15-16H,3-10H2,1-2H3. The molecule has 0 aliphatic heterocycles. The molecule has 2 rings (SSSR count). The molecule has 17 heavy (non-hydrogen) atoms. The van der Waals surface area contributed by atoms with Crippen molar-refractivity contribution in [2.45, 2.75) is 70.1 Å². The van der Waals surface area contributed by atoms with E-state index in [2.05, 4.69) is 19.2 Å². The van der Waals surface area contributed by atoms with Crippen LogP contribution in [0.5, 0.6) is 0 Å². The fourth-order valence-electron chi connectivity index (χ4n) is 2.43. The Kier molecular flexibility index (Phi) is 4.45. The summed E-state index contributed by atoms with van der Waals surface area (Å²) in [6, 6.07) is 0. The van der Waals surface area contributed by atoms with Gasteiger partial charge in [-0.25, -0.2) is 0 Å². The van der Waals surface area contributed by atoms with Crippen LogP contribution in [-0.2, 0) is 4.74 Å². The number of β-amino-alcohol motifs (C(OH)–C–C–N with tert-alkyl or cyclic N) is 1. The van der Waals surface area contributed by atoms with Gasteiger partial charge in [0.1, 0.15) is 0 Å². The van der Waals surface area contributed by atoms with Gasteiger partial charge in [0.2, 0.25) is 0 Å². The molecule has 2 aliphatic rings. The number of ether oxygens (including phenoxy) is 1. The topological polar surface area (TPSA) is 41.5 Å². The summed E-state index contributed by atoms with van der Waals surface area (Å²) in [5, 5.41) is 13.2. The second-order valence-corrected chi connectivity index (χ2v) is 6.31. The molecule has 1 unspecified atom stereocenters. The first kappa shape index (κ1) is 13.3. The van der Waals surface area contributed by atoms with E-state index in [9.17, 15) is 5.11 Å². The zero-order valence-electron chi connectivity index (χ0n) is 11.2. The third-order valence-electron chi connectivity index (χ3n) is 4.25. The van der Waals surface area contributed by atoms with E-state index in [1.165, 1.54) is 38.5 Å². The van der Waals surface area contributed by atoms with Crippen molar-refractivity contribution >= 4 is 0 Å². The van der Waals surface area contributed by atoms with Gasteiger partial charge in [-0.2, -0.15) is 0 Å². The van der Waals surface area contributed by atoms with E-state index in [0.29, 0.717) is 24.8 Å². The van der Waals surface area contributed by atoms with Crippen molar-refractivity contribution in [1.82, 2.24) is 5.32 Å². The monoisotopic (exact) mass is 241 g/mol. The van der Waals surface area contributed by atoms with Crippen LogP contribution in [0.25, 0.3) is 0 Å². The molecule has 0 bridgehead atoms. The summed E-state index contributed by atoms with van der Waals surface area (Å²) in [4.78, 5) is 0. The summed E-state index contributed by atoms with van der Waals surface area (Å²) >= 11 is 0. The van der Waals surface area contributed by atoms with Crippen molar-refractivity contribution in [3.63, 3.8) is 0 Å². The second-order valence-electron chi connectivity index (χ2n) is 6.31. The minimum absolute atomic E-state index is 0.307. The van der Waals surface area contributed by atoms with Crippen molar-refractivity contribution in [2.75, 3.05) is 13.2 Å². The van der Waals surface area contributed by atoms with Crippen LogP contribution in [0.4, 0.5) is 0 Å². The average Bonchev–Trinajstić information content (AvgIpc) is 3.05. The van der Waals surface area contributed by atoms with Gasteiger partial charge >= 0.3 is 0 Å². The molecule has 2 saturated carbocycles. The van der Waals surface area contributed by atoms with Crippen LogP contribution in [0.1, 0.15) is 52.4 Å². The minimum Gasteiger partial charge on any atom is -0.389 e. The van der Waals surface area contributed by atoms with E-state index in [-0.39, 0.29) is 6.10 Å². The van der Waals surface area contributed by atoms with E-state index < -0.39 is 0 Å². The van der Waals surface area contributed by atoms with E-state index >= 15 is 0 Å². The smallest absolute Gasteiger partial charge is 0.0898 e. The quantitative estimate of drug-likeness (QED) is 0.748. The van der Waals surface area contributed by atoms with Crippen LogP contribution in [0.3, 0.4) is 0 Å². The Labute approximate surface area is 105 Å². The van der Waals surface area contributed by atoms with E-state index in [1.807, 2.05) is 0 Å². The van der Waals surface area contributed by atoms with Crippen LogP contribution in [-0.4, -0.2) is 36.0 Å². The predicted molar refractivity (Wildman–Crippen MR) is 69.0 cm³/mol. The number of hydrogen-bond donors (Lipinski definition) is 2. The van der Waals surface area contributed by atoms with Gasteiger partial charge in [-0.05, 0) is 51.4 Å². The highest BCUT2D eigenvalue weighted by Crippen LogP contribution is 2.34. The number of aliphatic hydroxyl groups is 1. The predicted octanol–water partition coefficient (Wildman–Crippen LogP) is 2.08. The summed E-state index contributed by atoms with van der Waals surface area (Å²) in [5.74, 6) is 0.858. The summed E-state index contributed by atoms with van der Waals surface area (Å²) in [7, 11) is 0. The summed E-state index contributed by atoms with van der Waals surface area (Å²) in [5.41, 5.74) is 0.307. The lowest BCUT2D eigenvalue weighted by Gasteiger charge is -2.27. The molecule has 2 N–H and O–H groups in total. The Morgan fingerprint density at radius 1 is 1.29 bits per heavy atom. The molecule has 1 atom stereocenters. The SMILES string of the molecule is CC1CCC(OCC(O)CNC2(C)CC2)CC1. The molecular weight excluding hydrogens is 214 g/mol. The lowest BCUT2D eigenvalue weighted by Crippen LogP contribution is -2.38. The molecule has 2 fully saturated rings. The fourth-order valence-corrected chi connectivity index (χ4v) is 2.43. The van der Waals surface area contributed by atoms with Crippen molar-refractivity contribution < 1.29 is 9.84 Å². The van der Waals surface area contributed by atoms with Crippen molar-refractivity contribution in [1.29, 1.82) is 0 Å². The molecule has 3 nitrogen and oxygen atoms in total. The van der Waals surface area contributed by atoms with Gasteiger partial charge in [-0.1, -0.05) is 6.92 Å². The summed E-state index contributed by atoms with van der Waals surface area (Å²) in [6.07, 6.45) is 7.39. The van der Waals surface area contributed by atoms with Crippen LogP contribution < -0.4 is 5.32 Å². The Bertz CT molecular complexity index is 232. The molecule has 0 spiro atoms. The molecule has 3 heteroatoms. The van der Waals surface area contributed by atoms with Crippen LogP contribution >= 0.6 is 0 Å². The van der Waals surface area contributed by atoms with Crippen LogP contribution in [0, 0.1) is 5.92 Å². The molecule has 0 heterocycles. The first-order chi connectivity index (χ1) is 8.07. The lowest BCUT2D eigenvalue weighted by atomic mass is 9.89. The van der Waals surface area contributed by atoms with E-state index in [0.717, 1.165) is 5.92 Å². The number of aliphatic hydroxyl groups excluding tert-OH is 1. The van der Waals surface area contributed by atoms with Crippen LogP contribution in [0.15, 0.2) is 0 Å². The average molecular weight is 241 g/mol. The Balaban J connectivity index is 1.54. The van der Waals surface area contributed by atoms with Gasteiger partial charge in [0.25, 0.3) is 0 Å². The molecule has 0 aromatic heterocycles. The van der Waals surface area contributed by atoms with Crippen molar-refractivity contribution in [2.24, 2.45) is 5.92 Å². The third-order valence-corrected chi connectivity index (χ3v) is 4.25. The molecule has 0 radical (unpaired) electrons. The summed E-state index contributed by atoms with van der Waals surface area (Å²) < 4.78 is 5.79. The zero-order valence-corrected chi connectivity index (χ0v) is 11.2. The maximum Gasteiger partial charge on any atom is 0.0898 e. The van der Waals surface area contributed by atoms with Gasteiger partial charge in [-0.3, -0.25) is 0 Å². The molecule has 2 aliphatic carbocycles. The van der Waals surface area contributed by atoms with Gasteiger partial charge < -0.3 is 15.2 Å². The van der Waals surface area contributed by atoms with Gasteiger partial charge in [0.05, 0.1) is 18.8 Å². The van der Waals surface area contributed by atoms with E-state index in [4.69, 9.17) is 4.74 Å². The number of rotatable bonds is 6. The molecule has 0 saturated heterocycles. The Hall–Kier alpha value is -0.120. The number of hydrogen-bond acceptors (Lipinski definition) is 3. The van der Waals surface area contributed by atoms with Gasteiger partial charge in [-0.15, -0.1) is 0 Å². The van der Waals surface area contributed by atoms with Gasteiger partial charge in [0, 0.05) is 12.1 Å². The maximum atomic E-state index is 9.84. The Morgan fingerprint density at radius 3 is 2.53 bits per heavy atom. The highest BCUT2D eigenvalue weighted by molar-refractivity contribution is 4.97. The minimum atomic E-state index is -0.355. The fraction of sp³-hybridized carbons (Fsp3) is 1.00. The summed E-state index contributed by atoms with van der Waals surface area (Å²) in [6.45, 7) is 5.68. The van der Waals surface area contributed by atoms with E-state index in [1.54, 1.807) is 0 Å². The first-order valence-corrected chi connectivity index (χ1v) is 7.12.